The summed E-state index contributed by atoms with van der Waals surface area (Å²) in [7, 11) is 0. The standard InChI is InChI=1S/C22H40Cl2O2/c1-19(13-7-3-5-9-17-21(23)25)15-11-12-16-20(2)14-8-4-6-10-18-22(24)26/h19-20H,3-18H2,1-2H3. The molecule has 0 aromatic heterocycles. The van der Waals surface area contributed by atoms with Crippen molar-refractivity contribution in [2.24, 2.45) is 11.8 Å². The number of unbranched alkanes of at least 4 members (excludes halogenated alkanes) is 7. The zero-order valence-corrected chi connectivity index (χ0v) is 18.6. The Morgan fingerprint density at radius 3 is 1.12 bits per heavy atom. The van der Waals surface area contributed by atoms with Crippen LogP contribution in [0.3, 0.4) is 0 Å². The minimum Gasteiger partial charge on any atom is -0.281 e. The summed E-state index contributed by atoms with van der Waals surface area (Å²) in [5, 5.41) is -0.397. The maximum Gasteiger partial charge on any atom is 0.221 e. The summed E-state index contributed by atoms with van der Waals surface area (Å²) >= 11 is 10.7. The Hall–Kier alpha value is -0.0800. The van der Waals surface area contributed by atoms with E-state index in [0.29, 0.717) is 12.8 Å². The van der Waals surface area contributed by atoms with Gasteiger partial charge >= 0.3 is 0 Å². The SMILES string of the molecule is CC(CCCCCCC(=O)Cl)CCCCC(C)CCCCCCC(=O)Cl. The van der Waals surface area contributed by atoms with Gasteiger partial charge in [-0.3, -0.25) is 9.59 Å². The Kier molecular flexibility index (Phi) is 18.2. The molecule has 0 radical (unpaired) electrons. The molecule has 0 aliphatic rings. The summed E-state index contributed by atoms with van der Waals surface area (Å²) in [6.07, 6.45) is 18.2. The second-order valence-corrected chi connectivity index (χ2v) is 8.95. The molecular formula is C22H40Cl2O2. The minimum absolute atomic E-state index is 0.199. The molecule has 0 spiro atoms. The summed E-state index contributed by atoms with van der Waals surface area (Å²) in [6.45, 7) is 4.74. The highest BCUT2D eigenvalue weighted by Crippen LogP contribution is 2.21. The van der Waals surface area contributed by atoms with Gasteiger partial charge in [-0.25, -0.2) is 0 Å². The van der Waals surface area contributed by atoms with Gasteiger partial charge in [-0.05, 0) is 47.9 Å². The van der Waals surface area contributed by atoms with Gasteiger partial charge in [-0.2, -0.15) is 0 Å². The predicted molar refractivity (Wildman–Crippen MR) is 114 cm³/mol. The van der Waals surface area contributed by atoms with Gasteiger partial charge < -0.3 is 0 Å². The van der Waals surface area contributed by atoms with Crippen LogP contribution in [0.1, 0.15) is 117 Å². The molecule has 0 fully saturated rings. The average Bonchev–Trinajstić information content (AvgIpc) is 2.57. The van der Waals surface area contributed by atoms with Crippen molar-refractivity contribution in [3.05, 3.63) is 0 Å². The topological polar surface area (TPSA) is 34.1 Å². The van der Waals surface area contributed by atoms with E-state index in [1.807, 2.05) is 0 Å². The van der Waals surface area contributed by atoms with Crippen LogP contribution in [0.5, 0.6) is 0 Å². The summed E-state index contributed by atoms with van der Waals surface area (Å²) in [5.41, 5.74) is 0. The van der Waals surface area contributed by atoms with Gasteiger partial charge in [0.2, 0.25) is 10.5 Å². The second-order valence-electron chi connectivity index (χ2n) is 8.11. The zero-order valence-electron chi connectivity index (χ0n) is 17.0. The fraction of sp³-hybridized carbons (Fsp3) is 0.909. The molecule has 154 valence electrons. The summed E-state index contributed by atoms with van der Waals surface area (Å²) in [6, 6.07) is 0. The van der Waals surface area contributed by atoms with E-state index in [-0.39, 0.29) is 10.5 Å². The quantitative estimate of drug-likeness (QED) is 0.160. The molecule has 0 saturated carbocycles. The number of carbonyl (C=O) groups excluding carboxylic acids is 2. The van der Waals surface area contributed by atoms with Crippen LogP contribution >= 0.6 is 23.2 Å². The van der Waals surface area contributed by atoms with Crippen molar-refractivity contribution in [1.29, 1.82) is 0 Å². The predicted octanol–water partition coefficient (Wildman–Crippen LogP) is 8.03. The van der Waals surface area contributed by atoms with E-state index in [9.17, 15) is 9.59 Å². The number of halogens is 2. The molecule has 0 aromatic carbocycles. The first-order chi connectivity index (χ1) is 12.4. The van der Waals surface area contributed by atoms with Crippen LogP contribution in [0.25, 0.3) is 0 Å². The largest absolute Gasteiger partial charge is 0.281 e. The van der Waals surface area contributed by atoms with Crippen LogP contribution in [0, 0.1) is 11.8 Å². The van der Waals surface area contributed by atoms with Crippen molar-refractivity contribution in [3.8, 4) is 0 Å². The average molecular weight is 407 g/mol. The summed E-state index contributed by atoms with van der Waals surface area (Å²) in [5.74, 6) is 1.65. The molecule has 0 rings (SSSR count). The van der Waals surface area contributed by atoms with E-state index in [2.05, 4.69) is 13.8 Å². The monoisotopic (exact) mass is 406 g/mol. The molecule has 0 aliphatic carbocycles. The van der Waals surface area contributed by atoms with Crippen molar-refractivity contribution in [2.45, 2.75) is 117 Å². The lowest BCUT2D eigenvalue weighted by atomic mass is 9.93. The molecule has 0 heterocycles. The lowest BCUT2D eigenvalue weighted by Gasteiger charge is -2.13. The third kappa shape index (κ3) is 20.2. The highest BCUT2D eigenvalue weighted by Gasteiger charge is 2.05. The van der Waals surface area contributed by atoms with E-state index in [1.165, 1.54) is 64.2 Å². The van der Waals surface area contributed by atoms with Crippen LogP contribution < -0.4 is 0 Å². The molecule has 0 aromatic rings. The molecule has 0 aliphatic heterocycles. The smallest absolute Gasteiger partial charge is 0.221 e. The molecule has 0 bridgehead atoms. The van der Waals surface area contributed by atoms with Crippen molar-refractivity contribution < 1.29 is 9.59 Å². The van der Waals surface area contributed by atoms with Gasteiger partial charge in [0.05, 0.1) is 0 Å². The third-order valence-electron chi connectivity index (χ3n) is 5.28. The number of rotatable bonds is 19. The van der Waals surface area contributed by atoms with Crippen LogP contribution in [-0.2, 0) is 9.59 Å². The molecule has 2 nitrogen and oxygen atoms in total. The Balaban J connectivity index is 3.35. The summed E-state index contributed by atoms with van der Waals surface area (Å²) < 4.78 is 0. The first-order valence-corrected chi connectivity index (χ1v) is 11.5. The Morgan fingerprint density at radius 1 is 0.538 bits per heavy atom. The maximum absolute atomic E-state index is 10.7. The van der Waals surface area contributed by atoms with E-state index in [1.54, 1.807) is 0 Å². The maximum atomic E-state index is 10.7. The number of hydrogen-bond donors (Lipinski definition) is 0. The van der Waals surface area contributed by atoms with E-state index >= 15 is 0 Å². The molecule has 0 N–H and O–H groups in total. The number of carbonyl (C=O) groups is 2. The molecule has 0 amide bonds. The highest BCUT2D eigenvalue weighted by atomic mass is 35.5. The van der Waals surface area contributed by atoms with Gasteiger partial charge in [0.15, 0.2) is 0 Å². The van der Waals surface area contributed by atoms with Gasteiger partial charge in [0, 0.05) is 12.8 Å². The molecule has 2 atom stereocenters. The zero-order chi connectivity index (χ0) is 19.6. The van der Waals surface area contributed by atoms with E-state index in [4.69, 9.17) is 23.2 Å². The normalized spacial score (nSPS) is 13.5. The molecule has 0 saturated heterocycles. The van der Waals surface area contributed by atoms with Gasteiger partial charge in [0.25, 0.3) is 0 Å². The highest BCUT2D eigenvalue weighted by molar-refractivity contribution is 6.63. The van der Waals surface area contributed by atoms with Gasteiger partial charge in [0.1, 0.15) is 0 Å². The van der Waals surface area contributed by atoms with Crippen LogP contribution in [0.2, 0.25) is 0 Å². The van der Waals surface area contributed by atoms with Crippen molar-refractivity contribution in [3.63, 3.8) is 0 Å². The summed E-state index contributed by atoms with van der Waals surface area (Å²) in [4.78, 5) is 21.3. The lowest BCUT2D eigenvalue weighted by Crippen LogP contribution is -1.98. The Morgan fingerprint density at radius 2 is 0.808 bits per heavy atom. The Bertz CT molecular complexity index is 324. The molecule has 4 heteroatoms. The number of hydrogen-bond acceptors (Lipinski definition) is 2. The minimum atomic E-state index is -0.199. The van der Waals surface area contributed by atoms with Gasteiger partial charge in [-0.15, -0.1) is 0 Å². The molecule has 26 heavy (non-hydrogen) atoms. The Labute approximate surface area is 171 Å². The van der Waals surface area contributed by atoms with Crippen molar-refractivity contribution in [2.75, 3.05) is 0 Å². The van der Waals surface area contributed by atoms with E-state index < -0.39 is 0 Å². The van der Waals surface area contributed by atoms with Crippen molar-refractivity contribution in [1.82, 2.24) is 0 Å². The van der Waals surface area contributed by atoms with Crippen LogP contribution in [0.4, 0.5) is 0 Å². The molecular weight excluding hydrogens is 367 g/mol. The van der Waals surface area contributed by atoms with Crippen molar-refractivity contribution >= 4 is 33.7 Å². The third-order valence-corrected chi connectivity index (χ3v) is 5.66. The van der Waals surface area contributed by atoms with E-state index in [0.717, 1.165) is 37.5 Å². The van der Waals surface area contributed by atoms with Gasteiger partial charge in [-0.1, -0.05) is 90.9 Å². The van der Waals surface area contributed by atoms with Crippen LogP contribution in [-0.4, -0.2) is 10.5 Å². The first-order valence-electron chi connectivity index (χ1n) is 10.8. The second kappa shape index (κ2) is 18.3. The van der Waals surface area contributed by atoms with Crippen LogP contribution in [0.15, 0.2) is 0 Å². The fourth-order valence-electron chi connectivity index (χ4n) is 3.49. The fourth-order valence-corrected chi connectivity index (χ4v) is 3.76. The first kappa shape index (κ1) is 25.9. The molecule has 2 unspecified atom stereocenters. The lowest BCUT2D eigenvalue weighted by molar-refractivity contribution is -0.112.